The molecule has 2 aromatic rings. The smallest absolute Gasteiger partial charge is 0.218 e. The Kier molecular flexibility index (Phi) is 4.98. The summed E-state index contributed by atoms with van der Waals surface area (Å²) in [6.45, 7) is 2.77. The number of rotatable bonds is 4. The molecule has 0 amide bonds. The quantitative estimate of drug-likeness (QED) is 0.865. The van der Waals surface area contributed by atoms with Gasteiger partial charge in [0.1, 0.15) is 0 Å². The third kappa shape index (κ3) is 4.12. The summed E-state index contributed by atoms with van der Waals surface area (Å²) in [5.74, 6) is 0.0825. The number of hydrogen-bond acceptors (Lipinski definition) is 3. The van der Waals surface area contributed by atoms with Crippen molar-refractivity contribution in [1.82, 2.24) is 4.31 Å². The Bertz CT molecular complexity index is 717. The lowest BCUT2D eigenvalue weighted by molar-refractivity contribution is 0.432. The van der Waals surface area contributed by atoms with Crippen molar-refractivity contribution in [2.75, 3.05) is 31.1 Å². The van der Waals surface area contributed by atoms with E-state index in [0.29, 0.717) is 13.1 Å². The van der Waals surface area contributed by atoms with E-state index in [-0.39, 0.29) is 5.75 Å². The fraction of sp³-hybridized carbons (Fsp3) is 0.333. The normalized spacial score (nSPS) is 17.0. The molecule has 0 bridgehead atoms. The van der Waals surface area contributed by atoms with E-state index in [2.05, 4.69) is 17.0 Å². The van der Waals surface area contributed by atoms with Crippen LogP contribution < -0.4 is 4.90 Å². The molecule has 3 rings (SSSR count). The van der Waals surface area contributed by atoms with Crippen LogP contribution in [0.2, 0.25) is 0 Å². The van der Waals surface area contributed by atoms with E-state index in [4.69, 9.17) is 0 Å². The Balaban J connectivity index is 1.67. The Morgan fingerprint density at radius 2 is 1.43 bits per heavy atom. The lowest BCUT2D eigenvalue weighted by Gasteiger charge is -2.23. The molecule has 0 saturated carbocycles. The number of anilines is 1. The maximum Gasteiger partial charge on any atom is 0.218 e. The molecule has 2 aromatic carbocycles. The first-order valence-corrected chi connectivity index (χ1v) is 9.58. The van der Waals surface area contributed by atoms with Crippen molar-refractivity contribution in [1.29, 1.82) is 0 Å². The molecule has 122 valence electrons. The first-order chi connectivity index (χ1) is 11.1. The minimum Gasteiger partial charge on any atom is -0.370 e. The van der Waals surface area contributed by atoms with E-state index >= 15 is 0 Å². The first kappa shape index (κ1) is 16.0. The second-order valence-electron chi connectivity index (χ2n) is 5.82. The lowest BCUT2D eigenvalue weighted by Crippen LogP contribution is -2.36. The zero-order valence-corrected chi connectivity index (χ0v) is 14.0. The monoisotopic (exact) mass is 330 g/mol. The van der Waals surface area contributed by atoms with Crippen LogP contribution in [0.25, 0.3) is 0 Å². The summed E-state index contributed by atoms with van der Waals surface area (Å²) in [5, 5.41) is 0. The van der Waals surface area contributed by atoms with E-state index < -0.39 is 10.0 Å². The molecule has 5 heteroatoms. The highest BCUT2D eigenvalue weighted by atomic mass is 32.2. The number of nitrogens with zero attached hydrogens (tertiary/aromatic N) is 2. The number of hydrogen-bond donors (Lipinski definition) is 0. The van der Waals surface area contributed by atoms with Gasteiger partial charge in [0.25, 0.3) is 0 Å². The van der Waals surface area contributed by atoms with E-state index in [1.165, 1.54) is 0 Å². The van der Waals surface area contributed by atoms with Crippen LogP contribution in [0.4, 0.5) is 5.69 Å². The summed E-state index contributed by atoms with van der Waals surface area (Å²) in [6, 6.07) is 19.6. The van der Waals surface area contributed by atoms with Gasteiger partial charge in [0.05, 0.1) is 5.75 Å². The topological polar surface area (TPSA) is 40.6 Å². The van der Waals surface area contributed by atoms with Crippen LogP contribution in [-0.2, 0) is 15.8 Å². The summed E-state index contributed by atoms with van der Waals surface area (Å²) in [4.78, 5) is 2.26. The Labute approximate surface area is 138 Å². The maximum atomic E-state index is 12.7. The SMILES string of the molecule is O=S(=O)(Cc1ccccc1)N1CCCN(c2ccccc2)CC1. The van der Waals surface area contributed by atoms with Crippen molar-refractivity contribution < 1.29 is 8.42 Å². The zero-order valence-electron chi connectivity index (χ0n) is 13.1. The molecule has 4 nitrogen and oxygen atoms in total. The van der Waals surface area contributed by atoms with Crippen molar-refractivity contribution >= 4 is 15.7 Å². The van der Waals surface area contributed by atoms with Crippen LogP contribution in [-0.4, -0.2) is 38.9 Å². The molecule has 1 aliphatic rings. The molecule has 0 aromatic heterocycles. The Hall–Kier alpha value is -1.85. The highest BCUT2D eigenvalue weighted by Crippen LogP contribution is 2.18. The average Bonchev–Trinajstić information content (AvgIpc) is 2.83. The van der Waals surface area contributed by atoms with E-state index in [1.807, 2.05) is 48.5 Å². The van der Waals surface area contributed by atoms with E-state index in [9.17, 15) is 8.42 Å². The molecule has 0 atom stereocenters. The molecular weight excluding hydrogens is 308 g/mol. The summed E-state index contributed by atoms with van der Waals surface area (Å²) in [7, 11) is -3.26. The molecule has 1 heterocycles. The molecule has 0 aliphatic carbocycles. The van der Waals surface area contributed by atoms with Gasteiger partial charge in [0.15, 0.2) is 0 Å². The minimum absolute atomic E-state index is 0.0825. The first-order valence-electron chi connectivity index (χ1n) is 7.97. The standard InChI is InChI=1S/C18H22N2O2S/c21-23(22,16-17-8-3-1-4-9-17)20-13-7-12-19(14-15-20)18-10-5-2-6-11-18/h1-6,8-11H,7,12-16H2. The van der Waals surface area contributed by atoms with Crippen molar-refractivity contribution in [3.63, 3.8) is 0 Å². The largest absolute Gasteiger partial charge is 0.370 e. The predicted octanol–water partition coefficient (Wildman–Crippen LogP) is 2.73. The van der Waals surface area contributed by atoms with Gasteiger partial charge in [-0.05, 0) is 24.1 Å². The van der Waals surface area contributed by atoms with Crippen LogP contribution in [0.1, 0.15) is 12.0 Å². The van der Waals surface area contributed by atoms with Gasteiger partial charge in [0, 0.05) is 31.9 Å². The van der Waals surface area contributed by atoms with Crippen LogP contribution in [0.15, 0.2) is 60.7 Å². The molecular formula is C18H22N2O2S. The summed E-state index contributed by atoms with van der Waals surface area (Å²) in [5.41, 5.74) is 2.01. The van der Waals surface area contributed by atoms with Crippen molar-refractivity contribution in [3.8, 4) is 0 Å². The molecule has 0 N–H and O–H groups in total. The second kappa shape index (κ2) is 7.15. The van der Waals surface area contributed by atoms with E-state index in [1.54, 1.807) is 4.31 Å². The number of sulfonamides is 1. The third-order valence-electron chi connectivity index (χ3n) is 4.16. The molecule has 23 heavy (non-hydrogen) atoms. The van der Waals surface area contributed by atoms with Crippen LogP contribution in [0, 0.1) is 0 Å². The maximum absolute atomic E-state index is 12.7. The average molecular weight is 330 g/mol. The van der Waals surface area contributed by atoms with Gasteiger partial charge in [-0.3, -0.25) is 0 Å². The highest BCUT2D eigenvalue weighted by Gasteiger charge is 2.25. The van der Waals surface area contributed by atoms with Gasteiger partial charge < -0.3 is 4.90 Å². The van der Waals surface area contributed by atoms with Gasteiger partial charge in [-0.25, -0.2) is 8.42 Å². The van der Waals surface area contributed by atoms with Gasteiger partial charge in [-0.2, -0.15) is 4.31 Å². The summed E-state index contributed by atoms with van der Waals surface area (Å²) in [6.07, 6.45) is 0.850. The van der Waals surface area contributed by atoms with Crippen LogP contribution in [0.5, 0.6) is 0 Å². The van der Waals surface area contributed by atoms with Gasteiger partial charge in [-0.1, -0.05) is 48.5 Å². The van der Waals surface area contributed by atoms with Crippen molar-refractivity contribution in [2.24, 2.45) is 0 Å². The Morgan fingerprint density at radius 3 is 2.13 bits per heavy atom. The van der Waals surface area contributed by atoms with Crippen LogP contribution in [0.3, 0.4) is 0 Å². The van der Waals surface area contributed by atoms with Gasteiger partial charge in [-0.15, -0.1) is 0 Å². The van der Waals surface area contributed by atoms with Crippen molar-refractivity contribution in [3.05, 3.63) is 66.2 Å². The van der Waals surface area contributed by atoms with Gasteiger partial charge >= 0.3 is 0 Å². The fourth-order valence-corrected chi connectivity index (χ4v) is 4.51. The predicted molar refractivity (Wildman–Crippen MR) is 93.9 cm³/mol. The minimum atomic E-state index is -3.26. The Morgan fingerprint density at radius 1 is 0.783 bits per heavy atom. The molecule has 1 saturated heterocycles. The second-order valence-corrected chi connectivity index (χ2v) is 7.79. The number of benzene rings is 2. The molecule has 0 spiro atoms. The van der Waals surface area contributed by atoms with E-state index in [0.717, 1.165) is 30.8 Å². The molecule has 1 aliphatic heterocycles. The van der Waals surface area contributed by atoms with Crippen molar-refractivity contribution in [2.45, 2.75) is 12.2 Å². The fourth-order valence-electron chi connectivity index (χ4n) is 2.95. The number of para-hydroxylation sites is 1. The summed E-state index contributed by atoms with van der Waals surface area (Å²) < 4.78 is 27.0. The van der Waals surface area contributed by atoms with Crippen LogP contribution >= 0.6 is 0 Å². The molecule has 0 radical (unpaired) electrons. The lowest BCUT2D eigenvalue weighted by atomic mass is 10.2. The van der Waals surface area contributed by atoms with Gasteiger partial charge in [0.2, 0.25) is 10.0 Å². The summed E-state index contributed by atoms with van der Waals surface area (Å²) >= 11 is 0. The zero-order chi connectivity index (χ0) is 16.1. The third-order valence-corrected chi connectivity index (χ3v) is 6.01. The molecule has 1 fully saturated rings. The highest BCUT2D eigenvalue weighted by molar-refractivity contribution is 7.88. The molecule has 0 unspecified atom stereocenters.